The summed E-state index contributed by atoms with van der Waals surface area (Å²) in [4.78, 5) is 47.2. The normalized spacial score (nSPS) is 29.4. The van der Waals surface area contributed by atoms with Crippen LogP contribution >= 0.6 is 0 Å². The number of rotatable bonds is 8. The SMILES string of the molecule is CC(=O)OC[C@H]1O[C@@H](OC(C)(C)C2CC=C(C)CC2)[C@H](OC(C)=O)[C@@H](OC(C)=O)[C@@H]1OC(C)=O. The first-order valence-electron chi connectivity index (χ1n) is 11.4. The molecule has 0 amide bonds. The van der Waals surface area contributed by atoms with Gasteiger partial charge in [0.1, 0.15) is 12.7 Å². The number of ether oxygens (including phenoxy) is 6. The largest absolute Gasteiger partial charge is 0.463 e. The van der Waals surface area contributed by atoms with Crippen LogP contribution in [0, 0.1) is 5.92 Å². The maximum atomic E-state index is 12.0. The number of allylic oxidation sites excluding steroid dienone is 2. The van der Waals surface area contributed by atoms with Crippen molar-refractivity contribution in [3.63, 3.8) is 0 Å². The molecule has 34 heavy (non-hydrogen) atoms. The van der Waals surface area contributed by atoms with Crippen LogP contribution in [0.25, 0.3) is 0 Å². The van der Waals surface area contributed by atoms with E-state index < -0.39 is 60.2 Å². The third-order valence-electron chi connectivity index (χ3n) is 5.99. The molecule has 1 fully saturated rings. The Morgan fingerprint density at radius 3 is 1.97 bits per heavy atom. The molecule has 0 N–H and O–H groups in total. The maximum Gasteiger partial charge on any atom is 0.303 e. The lowest BCUT2D eigenvalue weighted by molar-refractivity contribution is -0.332. The Morgan fingerprint density at radius 2 is 1.47 bits per heavy atom. The van der Waals surface area contributed by atoms with Crippen molar-refractivity contribution in [3.8, 4) is 0 Å². The quantitative estimate of drug-likeness (QED) is 0.288. The van der Waals surface area contributed by atoms with Gasteiger partial charge in [0.05, 0.1) is 5.60 Å². The Balaban J connectivity index is 2.41. The molecule has 6 atom stereocenters. The summed E-state index contributed by atoms with van der Waals surface area (Å²) in [6.45, 7) is 10.4. The molecule has 192 valence electrons. The number of carbonyl (C=O) groups excluding carboxylic acids is 4. The van der Waals surface area contributed by atoms with Gasteiger partial charge in [-0.1, -0.05) is 11.6 Å². The van der Waals surface area contributed by atoms with Crippen LogP contribution in [-0.2, 0) is 47.6 Å². The van der Waals surface area contributed by atoms with E-state index in [4.69, 9.17) is 28.4 Å². The minimum atomic E-state index is -1.24. The highest BCUT2D eigenvalue weighted by molar-refractivity contribution is 5.68. The first kappa shape index (κ1) is 27.8. The standard InChI is InChI=1S/C24H36O10/c1-13-8-10-18(11-9-13)24(6,7)34-23-22(32-17(5)28)21(31-16(4)27)20(30-15(3)26)19(33-23)12-29-14(2)25/h8,18-23H,9-12H2,1-7H3/t18?,19-,20-,21+,22-,23+/m1/s1. The summed E-state index contributed by atoms with van der Waals surface area (Å²) in [6.07, 6.45) is -1.05. The van der Waals surface area contributed by atoms with Crippen molar-refractivity contribution in [2.75, 3.05) is 6.61 Å². The zero-order chi connectivity index (χ0) is 25.6. The molecule has 0 aromatic carbocycles. The molecular weight excluding hydrogens is 448 g/mol. The highest BCUT2D eigenvalue weighted by atomic mass is 16.7. The van der Waals surface area contributed by atoms with Crippen LogP contribution in [0.2, 0.25) is 0 Å². The van der Waals surface area contributed by atoms with E-state index in [-0.39, 0.29) is 12.5 Å². The van der Waals surface area contributed by atoms with E-state index in [0.717, 1.165) is 19.3 Å². The van der Waals surface area contributed by atoms with Gasteiger partial charge < -0.3 is 28.4 Å². The minimum absolute atomic E-state index is 0.156. The molecule has 1 saturated heterocycles. The van der Waals surface area contributed by atoms with Gasteiger partial charge >= 0.3 is 23.9 Å². The molecule has 2 rings (SSSR count). The number of hydrogen-bond acceptors (Lipinski definition) is 10. The van der Waals surface area contributed by atoms with E-state index in [2.05, 4.69) is 13.0 Å². The Labute approximate surface area is 200 Å². The van der Waals surface area contributed by atoms with Gasteiger partial charge in [0.25, 0.3) is 0 Å². The topological polar surface area (TPSA) is 124 Å². The average Bonchev–Trinajstić information content (AvgIpc) is 2.70. The van der Waals surface area contributed by atoms with Crippen LogP contribution in [0.15, 0.2) is 11.6 Å². The number of hydrogen-bond donors (Lipinski definition) is 0. The van der Waals surface area contributed by atoms with Crippen molar-refractivity contribution >= 4 is 23.9 Å². The highest BCUT2D eigenvalue weighted by Crippen LogP contribution is 2.38. The third kappa shape index (κ3) is 7.80. The summed E-state index contributed by atoms with van der Waals surface area (Å²) in [7, 11) is 0. The lowest BCUT2D eigenvalue weighted by atomic mass is 9.79. The smallest absolute Gasteiger partial charge is 0.303 e. The highest BCUT2D eigenvalue weighted by Gasteiger charge is 2.54. The van der Waals surface area contributed by atoms with Gasteiger partial charge in [0.2, 0.25) is 0 Å². The Hall–Kier alpha value is -2.46. The van der Waals surface area contributed by atoms with Crippen molar-refractivity contribution in [3.05, 3.63) is 11.6 Å². The average molecular weight is 485 g/mol. The van der Waals surface area contributed by atoms with Crippen LogP contribution in [0.1, 0.15) is 67.7 Å². The van der Waals surface area contributed by atoms with Crippen LogP contribution in [0.4, 0.5) is 0 Å². The van der Waals surface area contributed by atoms with Crippen molar-refractivity contribution in [2.45, 2.75) is 104 Å². The van der Waals surface area contributed by atoms with E-state index in [0.29, 0.717) is 0 Å². The first-order chi connectivity index (χ1) is 15.8. The predicted molar refractivity (Wildman–Crippen MR) is 118 cm³/mol. The molecule has 1 heterocycles. The van der Waals surface area contributed by atoms with E-state index in [9.17, 15) is 19.2 Å². The molecule has 0 aromatic heterocycles. The second-order valence-electron chi connectivity index (χ2n) is 9.31. The second-order valence-corrected chi connectivity index (χ2v) is 9.31. The summed E-state index contributed by atoms with van der Waals surface area (Å²) < 4.78 is 33.8. The fourth-order valence-electron chi connectivity index (χ4n) is 4.28. The van der Waals surface area contributed by atoms with Gasteiger partial charge in [-0.3, -0.25) is 19.2 Å². The van der Waals surface area contributed by atoms with Gasteiger partial charge in [-0.25, -0.2) is 0 Å². The van der Waals surface area contributed by atoms with Gasteiger partial charge in [-0.05, 0) is 46.0 Å². The summed E-state index contributed by atoms with van der Waals surface area (Å²) in [5.74, 6) is -2.43. The molecule has 0 bridgehead atoms. The van der Waals surface area contributed by atoms with Crippen LogP contribution in [0.5, 0.6) is 0 Å². The molecule has 1 unspecified atom stereocenters. The molecule has 0 radical (unpaired) electrons. The van der Waals surface area contributed by atoms with Gasteiger partial charge in [0, 0.05) is 27.7 Å². The monoisotopic (exact) mass is 484 g/mol. The van der Waals surface area contributed by atoms with Gasteiger partial charge in [-0.2, -0.15) is 0 Å². The van der Waals surface area contributed by atoms with Gasteiger partial charge in [-0.15, -0.1) is 0 Å². The molecular formula is C24H36O10. The third-order valence-corrected chi connectivity index (χ3v) is 5.99. The van der Waals surface area contributed by atoms with Gasteiger partial charge in [0.15, 0.2) is 24.6 Å². The molecule has 2 aliphatic rings. The Bertz CT molecular complexity index is 802. The van der Waals surface area contributed by atoms with Crippen molar-refractivity contribution in [2.24, 2.45) is 5.92 Å². The molecule has 10 heteroatoms. The predicted octanol–water partition coefficient (Wildman–Crippen LogP) is 2.61. The van der Waals surface area contributed by atoms with E-state index in [1.165, 1.54) is 33.3 Å². The summed E-state index contributed by atoms with van der Waals surface area (Å²) in [5, 5.41) is 0. The number of esters is 4. The van der Waals surface area contributed by atoms with Crippen LogP contribution < -0.4 is 0 Å². The van der Waals surface area contributed by atoms with E-state index in [1.807, 2.05) is 13.8 Å². The minimum Gasteiger partial charge on any atom is -0.463 e. The lowest BCUT2D eigenvalue weighted by Crippen LogP contribution is -2.64. The fraction of sp³-hybridized carbons (Fsp3) is 0.750. The summed E-state index contributed by atoms with van der Waals surface area (Å²) in [5.41, 5.74) is 0.612. The molecule has 1 aliphatic carbocycles. The number of carbonyl (C=O) groups is 4. The summed E-state index contributed by atoms with van der Waals surface area (Å²) >= 11 is 0. The second kappa shape index (κ2) is 11.8. The zero-order valence-electron chi connectivity index (χ0n) is 21.0. The molecule has 10 nitrogen and oxygen atoms in total. The van der Waals surface area contributed by atoms with Crippen molar-refractivity contribution in [1.82, 2.24) is 0 Å². The fourth-order valence-corrected chi connectivity index (χ4v) is 4.28. The van der Waals surface area contributed by atoms with Crippen LogP contribution in [0.3, 0.4) is 0 Å². The zero-order valence-corrected chi connectivity index (χ0v) is 21.0. The molecule has 0 aromatic rings. The maximum absolute atomic E-state index is 12.0. The Morgan fingerprint density at radius 1 is 0.912 bits per heavy atom. The molecule has 0 saturated carbocycles. The summed E-state index contributed by atoms with van der Waals surface area (Å²) in [6, 6.07) is 0. The van der Waals surface area contributed by atoms with Crippen molar-refractivity contribution in [1.29, 1.82) is 0 Å². The Kier molecular flexibility index (Phi) is 9.64. The molecule has 1 aliphatic heterocycles. The first-order valence-corrected chi connectivity index (χ1v) is 11.4. The van der Waals surface area contributed by atoms with Crippen LogP contribution in [-0.4, -0.2) is 66.8 Å². The molecule has 0 spiro atoms. The van der Waals surface area contributed by atoms with E-state index >= 15 is 0 Å². The van der Waals surface area contributed by atoms with Crippen molar-refractivity contribution < 1.29 is 47.6 Å². The lowest BCUT2D eigenvalue weighted by Gasteiger charge is -2.47. The van der Waals surface area contributed by atoms with E-state index in [1.54, 1.807) is 0 Å².